The van der Waals surface area contributed by atoms with Gasteiger partial charge in [0.2, 0.25) is 5.91 Å². The third-order valence-electron chi connectivity index (χ3n) is 3.98. The number of carbonyl (C=O) groups is 2. The van der Waals surface area contributed by atoms with Crippen molar-refractivity contribution in [2.24, 2.45) is 0 Å². The molecule has 0 bridgehead atoms. The van der Waals surface area contributed by atoms with E-state index in [0.717, 1.165) is 35.7 Å². The molecule has 9 heteroatoms. The van der Waals surface area contributed by atoms with E-state index in [1.807, 2.05) is 32.9 Å². The van der Waals surface area contributed by atoms with E-state index in [-0.39, 0.29) is 5.69 Å². The number of anilines is 1. The van der Waals surface area contributed by atoms with Crippen LogP contribution in [0, 0.1) is 13.8 Å². The van der Waals surface area contributed by atoms with E-state index in [2.05, 4.69) is 20.8 Å². The van der Waals surface area contributed by atoms with Gasteiger partial charge in [-0.15, -0.1) is 5.10 Å². The van der Waals surface area contributed by atoms with Crippen molar-refractivity contribution in [2.45, 2.75) is 57.5 Å². The monoisotopic (exact) mass is 391 g/mol. The molecular weight excluding hydrogens is 366 g/mol. The van der Waals surface area contributed by atoms with Crippen molar-refractivity contribution in [3.05, 3.63) is 39.8 Å². The lowest BCUT2D eigenvalue weighted by atomic mass is 10.1. The molecule has 0 saturated carbocycles. The summed E-state index contributed by atoms with van der Waals surface area (Å²) >= 11 is 1.13. The molecule has 146 valence electrons. The van der Waals surface area contributed by atoms with Crippen molar-refractivity contribution >= 4 is 29.4 Å². The summed E-state index contributed by atoms with van der Waals surface area (Å²) in [5.41, 5.74) is 2.35. The summed E-state index contributed by atoms with van der Waals surface area (Å²) in [7, 11) is 0. The Morgan fingerprint density at radius 1 is 1.33 bits per heavy atom. The third-order valence-corrected chi connectivity index (χ3v) is 5.07. The Balaban J connectivity index is 1.95. The van der Waals surface area contributed by atoms with Crippen molar-refractivity contribution in [3.8, 4) is 0 Å². The summed E-state index contributed by atoms with van der Waals surface area (Å²) in [5.74, 6) is -0.459. The predicted octanol–water partition coefficient (Wildman–Crippen LogP) is 2.82. The molecule has 1 atom stereocenters. The molecule has 2 aromatic rings. The number of aromatic nitrogens is 3. The number of nitrogens with zero attached hydrogens (tertiary/aromatic N) is 2. The molecule has 3 amide bonds. The second-order valence-electron chi connectivity index (χ2n) is 6.34. The van der Waals surface area contributed by atoms with Gasteiger partial charge in [0, 0.05) is 12.2 Å². The van der Waals surface area contributed by atoms with Gasteiger partial charge in [-0.1, -0.05) is 42.8 Å². The Kier molecular flexibility index (Phi) is 7.23. The molecule has 1 aromatic heterocycles. The van der Waals surface area contributed by atoms with E-state index in [9.17, 15) is 14.4 Å². The van der Waals surface area contributed by atoms with Crippen LogP contribution in [0.4, 0.5) is 10.5 Å². The molecule has 1 heterocycles. The Morgan fingerprint density at radius 3 is 2.74 bits per heavy atom. The molecule has 0 spiro atoms. The van der Waals surface area contributed by atoms with Crippen LogP contribution in [0.5, 0.6) is 0 Å². The number of thioether (sulfide) groups is 1. The van der Waals surface area contributed by atoms with Crippen LogP contribution < -0.4 is 16.3 Å². The van der Waals surface area contributed by atoms with Crippen LogP contribution in [-0.2, 0) is 11.3 Å². The van der Waals surface area contributed by atoms with Crippen LogP contribution >= 0.6 is 11.8 Å². The minimum absolute atomic E-state index is 0.300. The molecule has 0 aliphatic heterocycles. The molecule has 3 N–H and O–H groups in total. The Morgan fingerprint density at radius 2 is 2.07 bits per heavy atom. The summed E-state index contributed by atoms with van der Waals surface area (Å²) in [5, 5.41) is 11.2. The van der Waals surface area contributed by atoms with Gasteiger partial charge in [-0.2, -0.15) is 0 Å². The number of urea groups is 1. The summed E-state index contributed by atoms with van der Waals surface area (Å²) in [6, 6.07) is 5.03. The SMILES string of the molecule is CCCCn1c(SC(C)C(=O)NC(=O)Nc2ccc(C)cc2C)n[nH]c1=O. The number of benzene rings is 1. The van der Waals surface area contributed by atoms with Gasteiger partial charge in [-0.3, -0.25) is 14.7 Å². The number of aryl methyl sites for hydroxylation is 2. The smallest absolute Gasteiger partial charge is 0.307 e. The maximum Gasteiger partial charge on any atom is 0.343 e. The van der Waals surface area contributed by atoms with Crippen molar-refractivity contribution in [1.82, 2.24) is 20.1 Å². The van der Waals surface area contributed by atoms with Gasteiger partial charge >= 0.3 is 11.7 Å². The zero-order valence-corrected chi connectivity index (χ0v) is 16.8. The van der Waals surface area contributed by atoms with E-state index >= 15 is 0 Å². The zero-order valence-electron chi connectivity index (χ0n) is 16.0. The van der Waals surface area contributed by atoms with Gasteiger partial charge in [-0.25, -0.2) is 14.7 Å². The highest BCUT2D eigenvalue weighted by Gasteiger charge is 2.21. The average molecular weight is 391 g/mol. The van der Waals surface area contributed by atoms with Crippen molar-refractivity contribution in [2.75, 3.05) is 5.32 Å². The van der Waals surface area contributed by atoms with Gasteiger partial charge in [0.15, 0.2) is 5.16 Å². The highest BCUT2D eigenvalue weighted by atomic mass is 32.2. The first-order chi connectivity index (χ1) is 12.8. The van der Waals surface area contributed by atoms with E-state index in [0.29, 0.717) is 17.4 Å². The van der Waals surface area contributed by atoms with Crippen LogP contribution in [0.15, 0.2) is 28.2 Å². The third kappa shape index (κ3) is 5.72. The van der Waals surface area contributed by atoms with E-state index < -0.39 is 17.2 Å². The highest BCUT2D eigenvalue weighted by Crippen LogP contribution is 2.20. The molecule has 1 aromatic carbocycles. The molecule has 2 rings (SSSR count). The number of hydrogen-bond donors (Lipinski definition) is 3. The molecule has 27 heavy (non-hydrogen) atoms. The maximum atomic E-state index is 12.3. The number of unbranched alkanes of at least 4 members (excludes halogenated alkanes) is 1. The fourth-order valence-electron chi connectivity index (χ4n) is 2.44. The second-order valence-corrected chi connectivity index (χ2v) is 7.65. The molecule has 1 unspecified atom stereocenters. The van der Waals surface area contributed by atoms with Gasteiger partial charge in [0.25, 0.3) is 0 Å². The number of imide groups is 1. The molecular formula is C18H25N5O3S. The Labute approximate surface area is 162 Å². The number of nitrogens with one attached hydrogen (secondary N) is 3. The Hall–Kier alpha value is -2.55. The zero-order chi connectivity index (χ0) is 20.0. The molecule has 0 saturated heterocycles. The lowest BCUT2D eigenvalue weighted by molar-refractivity contribution is -0.119. The van der Waals surface area contributed by atoms with Gasteiger partial charge in [0.1, 0.15) is 0 Å². The quantitative estimate of drug-likeness (QED) is 0.629. The largest absolute Gasteiger partial charge is 0.343 e. The van der Waals surface area contributed by atoms with Crippen LogP contribution in [0.1, 0.15) is 37.8 Å². The first-order valence-electron chi connectivity index (χ1n) is 8.82. The van der Waals surface area contributed by atoms with Crippen LogP contribution in [-0.4, -0.2) is 32.0 Å². The minimum Gasteiger partial charge on any atom is -0.307 e. The lowest BCUT2D eigenvalue weighted by Gasteiger charge is -2.13. The summed E-state index contributed by atoms with van der Waals surface area (Å²) in [6.07, 6.45) is 1.78. The predicted molar refractivity (Wildman–Crippen MR) is 106 cm³/mol. The maximum absolute atomic E-state index is 12.3. The fraction of sp³-hybridized carbons (Fsp3) is 0.444. The minimum atomic E-state index is -0.593. The first-order valence-corrected chi connectivity index (χ1v) is 9.70. The number of hydrogen-bond acceptors (Lipinski definition) is 5. The average Bonchev–Trinajstić information content (AvgIpc) is 2.95. The van der Waals surface area contributed by atoms with Crippen LogP contribution in [0.3, 0.4) is 0 Å². The molecule has 0 aliphatic rings. The Bertz CT molecular complexity index is 874. The van der Waals surface area contributed by atoms with Gasteiger partial charge in [-0.05, 0) is 38.8 Å². The number of rotatable bonds is 7. The summed E-state index contributed by atoms with van der Waals surface area (Å²) in [4.78, 5) is 36.2. The topological polar surface area (TPSA) is 109 Å². The standard InChI is InChI=1S/C18H25N5O3S/c1-5-6-9-23-17(26)21-22-18(23)27-13(4)15(24)20-16(25)19-14-8-7-11(2)10-12(14)3/h7-8,10,13H,5-6,9H2,1-4H3,(H,21,26)(H2,19,20,24,25). The number of H-pyrrole nitrogens is 1. The van der Waals surface area contributed by atoms with Crippen molar-refractivity contribution in [1.29, 1.82) is 0 Å². The van der Waals surface area contributed by atoms with E-state index in [1.165, 1.54) is 4.57 Å². The number of carbonyl (C=O) groups excluding carboxylic acids is 2. The summed E-state index contributed by atoms with van der Waals surface area (Å²) in [6.45, 7) is 8.08. The number of aromatic amines is 1. The number of amides is 3. The molecule has 0 aliphatic carbocycles. The highest BCUT2D eigenvalue weighted by molar-refractivity contribution is 8.00. The molecule has 0 radical (unpaired) electrons. The van der Waals surface area contributed by atoms with Crippen molar-refractivity contribution in [3.63, 3.8) is 0 Å². The first kappa shape index (κ1) is 20.8. The van der Waals surface area contributed by atoms with Gasteiger partial charge in [0.05, 0.1) is 5.25 Å². The second kappa shape index (κ2) is 9.40. The summed E-state index contributed by atoms with van der Waals surface area (Å²) < 4.78 is 1.51. The van der Waals surface area contributed by atoms with E-state index in [1.54, 1.807) is 13.0 Å². The lowest BCUT2D eigenvalue weighted by Crippen LogP contribution is -2.39. The normalized spacial score (nSPS) is 11.9. The fourth-order valence-corrected chi connectivity index (χ4v) is 3.32. The molecule has 0 fully saturated rings. The van der Waals surface area contributed by atoms with Crippen LogP contribution in [0.2, 0.25) is 0 Å². The van der Waals surface area contributed by atoms with Gasteiger partial charge < -0.3 is 5.32 Å². The van der Waals surface area contributed by atoms with Crippen LogP contribution in [0.25, 0.3) is 0 Å². The van der Waals surface area contributed by atoms with Crippen molar-refractivity contribution < 1.29 is 9.59 Å². The molecule has 8 nitrogen and oxygen atoms in total. The van der Waals surface area contributed by atoms with E-state index in [4.69, 9.17) is 0 Å².